The highest BCUT2D eigenvalue weighted by molar-refractivity contribution is 5.74. The number of methoxy groups -OCH3 is 1. The molecule has 0 saturated heterocycles. The first-order valence-corrected chi connectivity index (χ1v) is 3.20. The maximum absolute atomic E-state index is 10.3. The standard InChI is InChI=1S/C6H13NO4/c1-3(8)5(11-2)4(7)6(9)10/h3-5,8H,7H2,1-2H3,(H,9,10). The Balaban J connectivity index is 4.13. The van der Waals surface area contributed by atoms with E-state index in [2.05, 4.69) is 4.74 Å². The highest BCUT2D eigenvalue weighted by Crippen LogP contribution is 2.01. The summed E-state index contributed by atoms with van der Waals surface area (Å²) in [6, 6.07) is -1.18. The van der Waals surface area contributed by atoms with Crippen LogP contribution in [0.25, 0.3) is 0 Å². The topological polar surface area (TPSA) is 92.8 Å². The molecule has 0 radical (unpaired) electrons. The molecule has 0 rings (SSSR count). The maximum Gasteiger partial charge on any atom is 0.323 e. The van der Waals surface area contributed by atoms with Crippen molar-refractivity contribution < 1.29 is 19.7 Å². The fraction of sp³-hybridized carbons (Fsp3) is 0.833. The number of aliphatic hydroxyl groups excluding tert-OH is 1. The van der Waals surface area contributed by atoms with Crippen LogP contribution in [0.15, 0.2) is 0 Å². The van der Waals surface area contributed by atoms with Crippen molar-refractivity contribution in [2.24, 2.45) is 5.73 Å². The molecule has 0 saturated carbocycles. The fourth-order valence-corrected chi connectivity index (χ4v) is 0.784. The Hall–Kier alpha value is -0.650. The smallest absolute Gasteiger partial charge is 0.323 e. The van der Waals surface area contributed by atoms with Gasteiger partial charge in [-0.15, -0.1) is 0 Å². The maximum atomic E-state index is 10.3. The molecule has 11 heavy (non-hydrogen) atoms. The zero-order valence-electron chi connectivity index (χ0n) is 6.52. The highest BCUT2D eigenvalue weighted by Gasteiger charge is 2.27. The van der Waals surface area contributed by atoms with E-state index in [0.717, 1.165) is 0 Å². The number of hydrogen-bond acceptors (Lipinski definition) is 4. The van der Waals surface area contributed by atoms with Gasteiger partial charge in [0.25, 0.3) is 0 Å². The van der Waals surface area contributed by atoms with Crippen LogP contribution in [0, 0.1) is 0 Å². The second-order valence-corrected chi connectivity index (χ2v) is 2.30. The summed E-state index contributed by atoms with van der Waals surface area (Å²) in [5, 5.41) is 17.4. The fourth-order valence-electron chi connectivity index (χ4n) is 0.784. The van der Waals surface area contributed by atoms with E-state index in [-0.39, 0.29) is 0 Å². The summed E-state index contributed by atoms with van der Waals surface area (Å²) in [4.78, 5) is 10.3. The molecule has 3 unspecified atom stereocenters. The van der Waals surface area contributed by atoms with Crippen molar-refractivity contribution >= 4 is 5.97 Å². The second kappa shape index (κ2) is 4.27. The lowest BCUT2D eigenvalue weighted by Gasteiger charge is -2.21. The first kappa shape index (κ1) is 10.3. The first-order chi connectivity index (χ1) is 5.00. The van der Waals surface area contributed by atoms with Crippen molar-refractivity contribution in [1.29, 1.82) is 0 Å². The van der Waals surface area contributed by atoms with Crippen molar-refractivity contribution in [2.45, 2.75) is 25.2 Å². The Kier molecular flexibility index (Phi) is 4.02. The minimum atomic E-state index is -1.18. The van der Waals surface area contributed by atoms with Gasteiger partial charge < -0.3 is 20.7 Å². The zero-order chi connectivity index (χ0) is 9.02. The van der Waals surface area contributed by atoms with Crippen LogP contribution in [0.1, 0.15) is 6.92 Å². The Labute approximate surface area is 64.8 Å². The second-order valence-electron chi connectivity index (χ2n) is 2.30. The van der Waals surface area contributed by atoms with Crippen molar-refractivity contribution in [2.75, 3.05) is 7.11 Å². The van der Waals surface area contributed by atoms with E-state index in [1.807, 2.05) is 0 Å². The van der Waals surface area contributed by atoms with Crippen molar-refractivity contribution in [3.05, 3.63) is 0 Å². The van der Waals surface area contributed by atoms with E-state index in [1.54, 1.807) is 0 Å². The van der Waals surface area contributed by atoms with Gasteiger partial charge in [-0.2, -0.15) is 0 Å². The molecule has 0 amide bonds. The van der Waals surface area contributed by atoms with Crippen LogP contribution in [-0.2, 0) is 9.53 Å². The minimum Gasteiger partial charge on any atom is -0.480 e. The molecular weight excluding hydrogens is 150 g/mol. The monoisotopic (exact) mass is 163 g/mol. The number of carbonyl (C=O) groups is 1. The Bertz CT molecular complexity index is 137. The highest BCUT2D eigenvalue weighted by atomic mass is 16.5. The van der Waals surface area contributed by atoms with Crippen LogP contribution in [0.4, 0.5) is 0 Å². The van der Waals surface area contributed by atoms with Gasteiger partial charge in [-0.05, 0) is 6.92 Å². The van der Waals surface area contributed by atoms with Gasteiger partial charge in [-0.3, -0.25) is 4.79 Å². The molecule has 5 nitrogen and oxygen atoms in total. The van der Waals surface area contributed by atoms with Gasteiger partial charge in [0, 0.05) is 7.11 Å². The number of nitrogens with two attached hydrogens (primary N) is 1. The van der Waals surface area contributed by atoms with E-state index in [4.69, 9.17) is 15.9 Å². The molecule has 0 spiro atoms. The number of hydrogen-bond donors (Lipinski definition) is 3. The van der Waals surface area contributed by atoms with Gasteiger partial charge in [0.15, 0.2) is 0 Å². The summed E-state index contributed by atoms with van der Waals surface area (Å²) in [7, 11) is 1.31. The van der Waals surface area contributed by atoms with Gasteiger partial charge in [0.05, 0.1) is 6.10 Å². The van der Waals surface area contributed by atoms with E-state index in [9.17, 15) is 4.79 Å². The van der Waals surface area contributed by atoms with Gasteiger partial charge in [0.2, 0.25) is 0 Å². The summed E-state index contributed by atoms with van der Waals surface area (Å²) in [6.45, 7) is 1.43. The Morgan fingerprint density at radius 2 is 2.09 bits per heavy atom. The average Bonchev–Trinajstić information content (AvgIpc) is 1.88. The molecule has 0 aromatic rings. The quantitative estimate of drug-likeness (QED) is 0.483. The van der Waals surface area contributed by atoms with Gasteiger partial charge in [0.1, 0.15) is 12.1 Å². The first-order valence-electron chi connectivity index (χ1n) is 3.20. The summed E-state index contributed by atoms with van der Waals surface area (Å²) < 4.78 is 4.68. The lowest BCUT2D eigenvalue weighted by molar-refractivity contribution is -0.144. The third-order valence-corrected chi connectivity index (χ3v) is 1.39. The molecule has 66 valence electrons. The molecule has 5 heteroatoms. The van der Waals surface area contributed by atoms with E-state index in [1.165, 1.54) is 14.0 Å². The third-order valence-electron chi connectivity index (χ3n) is 1.39. The van der Waals surface area contributed by atoms with Crippen LogP contribution in [0.5, 0.6) is 0 Å². The van der Waals surface area contributed by atoms with E-state index in [0.29, 0.717) is 0 Å². The molecule has 0 fully saturated rings. The molecule has 0 aromatic heterocycles. The Morgan fingerprint density at radius 3 is 2.18 bits per heavy atom. The van der Waals surface area contributed by atoms with Crippen LogP contribution >= 0.6 is 0 Å². The van der Waals surface area contributed by atoms with Crippen LogP contribution < -0.4 is 5.73 Å². The molecule has 4 N–H and O–H groups in total. The minimum absolute atomic E-state index is 0.854. The number of carboxylic acids is 1. The summed E-state index contributed by atoms with van der Waals surface area (Å²) in [6.07, 6.45) is -1.74. The number of carboxylic acid groups (broad SMARTS) is 1. The largest absolute Gasteiger partial charge is 0.480 e. The van der Waals surface area contributed by atoms with Gasteiger partial charge >= 0.3 is 5.97 Å². The number of rotatable bonds is 4. The molecule has 3 atom stereocenters. The normalized spacial score (nSPS) is 18.9. The van der Waals surface area contributed by atoms with Gasteiger partial charge in [-0.1, -0.05) is 0 Å². The van der Waals surface area contributed by atoms with Crippen molar-refractivity contribution in [1.82, 2.24) is 0 Å². The number of aliphatic carboxylic acids is 1. The molecule has 0 aromatic carbocycles. The predicted molar refractivity (Wildman–Crippen MR) is 38.1 cm³/mol. The van der Waals surface area contributed by atoms with Crippen LogP contribution in [0.3, 0.4) is 0 Å². The van der Waals surface area contributed by atoms with E-state index >= 15 is 0 Å². The lowest BCUT2D eigenvalue weighted by atomic mass is 10.1. The number of ether oxygens (including phenoxy) is 1. The SMILES string of the molecule is COC(C(C)O)C(N)C(=O)O. The number of aliphatic hydroxyl groups is 1. The Morgan fingerprint density at radius 1 is 1.64 bits per heavy atom. The third kappa shape index (κ3) is 2.83. The molecule has 0 aliphatic rings. The van der Waals surface area contributed by atoms with Gasteiger partial charge in [-0.25, -0.2) is 0 Å². The molecule has 0 aliphatic carbocycles. The summed E-state index contributed by atoms with van der Waals surface area (Å²) in [5.74, 6) is -1.18. The molecule has 0 heterocycles. The summed E-state index contributed by atoms with van der Waals surface area (Å²) in [5.41, 5.74) is 5.19. The predicted octanol–water partition coefficient (Wildman–Crippen LogP) is -1.21. The van der Waals surface area contributed by atoms with Crippen molar-refractivity contribution in [3.8, 4) is 0 Å². The zero-order valence-corrected chi connectivity index (χ0v) is 6.52. The summed E-state index contributed by atoms with van der Waals surface area (Å²) >= 11 is 0. The molecular formula is C6H13NO4. The average molecular weight is 163 g/mol. The van der Waals surface area contributed by atoms with Crippen molar-refractivity contribution in [3.63, 3.8) is 0 Å². The molecule has 0 aliphatic heterocycles. The molecule has 0 bridgehead atoms. The van der Waals surface area contributed by atoms with Crippen LogP contribution in [0.2, 0.25) is 0 Å². The lowest BCUT2D eigenvalue weighted by Crippen LogP contribution is -2.48. The van der Waals surface area contributed by atoms with E-state index < -0.39 is 24.2 Å². The van der Waals surface area contributed by atoms with Crippen LogP contribution in [-0.4, -0.2) is 41.5 Å².